The molecule has 1 aliphatic rings. The lowest BCUT2D eigenvalue weighted by Crippen LogP contribution is -2.26. The lowest BCUT2D eigenvalue weighted by Gasteiger charge is -2.33. The predicted molar refractivity (Wildman–Crippen MR) is 131 cm³/mol. The lowest BCUT2D eigenvalue weighted by atomic mass is 9.72. The molecule has 0 aliphatic heterocycles. The Hall–Kier alpha value is -2.50. The van der Waals surface area contributed by atoms with Crippen LogP contribution in [0.4, 0.5) is 5.00 Å². The summed E-state index contributed by atoms with van der Waals surface area (Å²) in [6.07, 6.45) is 2.56. The number of carbonyl (C=O) groups is 3. The van der Waals surface area contributed by atoms with Crippen molar-refractivity contribution in [2.75, 3.05) is 11.9 Å². The first-order valence-electron chi connectivity index (χ1n) is 10.9. The number of thiophene rings is 1. The zero-order valence-corrected chi connectivity index (χ0v) is 21.4. The molecule has 2 aromatic rings. The van der Waals surface area contributed by atoms with Gasteiger partial charge in [0, 0.05) is 21.3 Å². The van der Waals surface area contributed by atoms with Crippen LogP contribution in [0.15, 0.2) is 28.7 Å². The van der Waals surface area contributed by atoms with Gasteiger partial charge in [-0.2, -0.15) is 5.26 Å². The fourth-order valence-corrected chi connectivity index (χ4v) is 5.43. The molecule has 1 N–H and O–H groups in total. The summed E-state index contributed by atoms with van der Waals surface area (Å²) in [4.78, 5) is 37.7. The minimum absolute atomic E-state index is 0.0800. The van der Waals surface area contributed by atoms with Crippen LogP contribution in [0.3, 0.4) is 0 Å². The molecular formula is C25H27BrN2O4S. The molecule has 0 saturated carbocycles. The summed E-state index contributed by atoms with van der Waals surface area (Å²) in [6, 6.07) is 9.00. The van der Waals surface area contributed by atoms with Gasteiger partial charge in [-0.3, -0.25) is 14.4 Å². The van der Waals surface area contributed by atoms with E-state index in [0.29, 0.717) is 22.0 Å². The molecule has 6 nitrogen and oxygen atoms in total. The zero-order valence-electron chi connectivity index (χ0n) is 19.0. The zero-order chi connectivity index (χ0) is 24.2. The van der Waals surface area contributed by atoms with E-state index in [0.717, 1.165) is 29.3 Å². The molecule has 0 radical (unpaired) electrons. The predicted octanol–water partition coefficient (Wildman–Crippen LogP) is 5.68. The van der Waals surface area contributed by atoms with Gasteiger partial charge in [-0.25, -0.2) is 0 Å². The third kappa shape index (κ3) is 6.52. The number of ether oxygens (including phenoxy) is 1. The first-order chi connectivity index (χ1) is 15.6. The lowest BCUT2D eigenvalue weighted by molar-refractivity contribution is -0.143. The molecule has 1 amide bonds. The molecule has 1 heterocycles. The number of anilines is 1. The van der Waals surface area contributed by atoms with E-state index in [2.05, 4.69) is 48.1 Å². The number of Topliss-reactive ketones (excluding diaryl/α,β-unsaturated/α-hetero) is 1. The highest BCUT2D eigenvalue weighted by atomic mass is 79.9. The van der Waals surface area contributed by atoms with Crippen LogP contribution in [0, 0.1) is 22.7 Å². The van der Waals surface area contributed by atoms with E-state index in [1.165, 1.54) is 16.2 Å². The Balaban J connectivity index is 1.51. The van der Waals surface area contributed by atoms with Crippen molar-refractivity contribution in [3.8, 4) is 6.07 Å². The maximum Gasteiger partial charge on any atom is 0.306 e. The number of esters is 1. The molecule has 1 aliphatic carbocycles. The number of amides is 1. The summed E-state index contributed by atoms with van der Waals surface area (Å²) in [5, 5.41) is 13.0. The van der Waals surface area contributed by atoms with Crippen LogP contribution in [0.1, 0.15) is 66.4 Å². The van der Waals surface area contributed by atoms with Gasteiger partial charge in [0.1, 0.15) is 11.1 Å². The molecule has 1 unspecified atom stereocenters. The van der Waals surface area contributed by atoms with Gasteiger partial charge in [-0.15, -0.1) is 11.3 Å². The first-order valence-corrected chi connectivity index (χ1v) is 12.5. The van der Waals surface area contributed by atoms with Gasteiger partial charge in [0.05, 0.1) is 12.0 Å². The maximum atomic E-state index is 12.4. The maximum absolute atomic E-state index is 12.4. The average Bonchev–Trinajstić information content (AvgIpc) is 3.11. The minimum Gasteiger partial charge on any atom is -0.457 e. The van der Waals surface area contributed by atoms with Crippen LogP contribution in [-0.2, 0) is 27.2 Å². The summed E-state index contributed by atoms with van der Waals surface area (Å²) in [6.45, 7) is 6.33. The van der Waals surface area contributed by atoms with E-state index >= 15 is 0 Å². The molecule has 174 valence electrons. The van der Waals surface area contributed by atoms with Crippen molar-refractivity contribution in [1.29, 1.82) is 5.26 Å². The van der Waals surface area contributed by atoms with Crippen LogP contribution in [0.5, 0.6) is 0 Å². The Kier molecular flexibility index (Phi) is 8.09. The van der Waals surface area contributed by atoms with Gasteiger partial charge in [0.15, 0.2) is 12.4 Å². The molecule has 8 heteroatoms. The number of benzene rings is 1. The fourth-order valence-electron chi connectivity index (χ4n) is 3.87. The second-order valence-electron chi connectivity index (χ2n) is 9.26. The van der Waals surface area contributed by atoms with E-state index in [9.17, 15) is 19.6 Å². The Morgan fingerprint density at radius 2 is 1.91 bits per heavy atom. The highest BCUT2D eigenvalue weighted by Gasteiger charge is 2.32. The molecule has 33 heavy (non-hydrogen) atoms. The number of nitriles is 1. The standard InChI is InChI=1S/C25H27BrN2O4S/c1-25(2,3)16-6-9-18-19(13-27)24(33-21(18)12-16)28-22(30)10-11-23(31)32-14-20(29)15-4-7-17(26)8-5-15/h4-5,7-8,16H,6,9-12,14H2,1-3H3,(H,28,30). The van der Waals surface area contributed by atoms with Crippen molar-refractivity contribution in [3.05, 3.63) is 50.3 Å². The summed E-state index contributed by atoms with van der Waals surface area (Å²) < 4.78 is 5.86. The number of fused-ring (bicyclic) bond motifs is 1. The van der Waals surface area contributed by atoms with Gasteiger partial charge >= 0.3 is 5.97 Å². The van der Waals surface area contributed by atoms with Gasteiger partial charge in [0.2, 0.25) is 5.91 Å². The molecule has 3 rings (SSSR count). The molecule has 1 aromatic carbocycles. The van der Waals surface area contributed by atoms with E-state index in [4.69, 9.17) is 4.74 Å². The fraction of sp³-hybridized carbons (Fsp3) is 0.440. The van der Waals surface area contributed by atoms with E-state index in [-0.39, 0.29) is 36.6 Å². The second kappa shape index (κ2) is 10.6. The van der Waals surface area contributed by atoms with Crippen molar-refractivity contribution >= 4 is 49.9 Å². The third-order valence-electron chi connectivity index (χ3n) is 5.94. The number of carbonyl (C=O) groups excluding carboxylic acids is 3. The van der Waals surface area contributed by atoms with Crippen molar-refractivity contribution < 1.29 is 19.1 Å². The number of halogens is 1. The summed E-state index contributed by atoms with van der Waals surface area (Å²) in [5.74, 6) is -0.742. The van der Waals surface area contributed by atoms with Crippen molar-refractivity contribution in [2.24, 2.45) is 11.3 Å². The summed E-state index contributed by atoms with van der Waals surface area (Å²) in [5.41, 5.74) is 2.22. The topological polar surface area (TPSA) is 96.3 Å². The van der Waals surface area contributed by atoms with Gasteiger partial charge in [0.25, 0.3) is 0 Å². The minimum atomic E-state index is -0.616. The second-order valence-corrected chi connectivity index (χ2v) is 11.3. The summed E-state index contributed by atoms with van der Waals surface area (Å²) >= 11 is 4.76. The number of hydrogen-bond donors (Lipinski definition) is 1. The van der Waals surface area contributed by atoms with Crippen LogP contribution in [0.2, 0.25) is 0 Å². The molecule has 1 atom stereocenters. The van der Waals surface area contributed by atoms with Crippen LogP contribution in [0.25, 0.3) is 0 Å². The van der Waals surface area contributed by atoms with Gasteiger partial charge in [-0.05, 0) is 48.3 Å². The largest absolute Gasteiger partial charge is 0.457 e. The average molecular weight is 531 g/mol. The Morgan fingerprint density at radius 3 is 2.55 bits per heavy atom. The SMILES string of the molecule is CC(C)(C)C1CCc2c(sc(NC(=O)CCC(=O)OCC(=O)c3ccc(Br)cc3)c2C#N)C1. The smallest absolute Gasteiger partial charge is 0.306 e. The number of nitrogens with zero attached hydrogens (tertiary/aromatic N) is 1. The Morgan fingerprint density at radius 1 is 1.21 bits per heavy atom. The van der Waals surface area contributed by atoms with Crippen LogP contribution >= 0.6 is 27.3 Å². The first kappa shape index (κ1) is 25.1. The molecule has 0 saturated heterocycles. The number of rotatable bonds is 7. The number of ketones is 1. The van der Waals surface area contributed by atoms with E-state index in [1.807, 2.05) is 0 Å². The molecular weight excluding hydrogens is 504 g/mol. The van der Waals surface area contributed by atoms with Gasteiger partial charge < -0.3 is 10.1 Å². The van der Waals surface area contributed by atoms with E-state index in [1.54, 1.807) is 24.3 Å². The third-order valence-corrected chi connectivity index (χ3v) is 7.64. The molecule has 1 aromatic heterocycles. The van der Waals surface area contributed by atoms with E-state index < -0.39 is 5.97 Å². The van der Waals surface area contributed by atoms with Crippen LogP contribution in [-0.4, -0.2) is 24.3 Å². The highest BCUT2D eigenvalue weighted by Crippen LogP contribution is 2.44. The van der Waals surface area contributed by atoms with Crippen molar-refractivity contribution in [3.63, 3.8) is 0 Å². The monoisotopic (exact) mass is 530 g/mol. The molecule has 0 spiro atoms. The molecule has 0 fully saturated rings. The molecule has 0 bridgehead atoms. The number of hydrogen-bond acceptors (Lipinski definition) is 6. The Bertz CT molecular complexity index is 1090. The van der Waals surface area contributed by atoms with Gasteiger partial charge in [-0.1, -0.05) is 48.8 Å². The van der Waals surface area contributed by atoms with Crippen molar-refractivity contribution in [1.82, 2.24) is 0 Å². The van der Waals surface area contributed by atoms with Crippen molar-refractivity contribution in [2.45, 2.75) is 52.9 Å². The van der Waals surface area contributed by atoms with Crippen LogP contribution < -0.4 is 5.32 Å². The Labute approximate surface area is 206 Å². The summed E-state index contributed by atoms with van der Waals surface area (Å²) in [7, 11) is 0. The normalized spacial score (nSPS) is 15.3. The quantitative estimate of drug-likeness (QED) is 0.367. The highest BCUT2D eigenvalue weighted by molar-refractivity contribution is 9.10. The number of nitrogens with one attached hydrogen (secondary N) is 1.